The predicted octanol–water partition coefficient (Wildman–Crippen LogP) is 4.15. The zero-order chi connectivity index (χ0) is 18.5. The monoisotopic (exact) mass is 460 g/mol. The van der Waals surface area contributed by atoms with Gasteiger partial charge in [-0.25, -0.2) is 4.39 Å². The number of carbonyl (C=O) groups is 1. The molecule has 2 unspecified atom stereocenters. The Hall–Kier alpha value is -1.23. The molecular weight excluding hydrogens is 443 g/mol. The summed E-state index contributed by atoms with van der Waals surface area (Å²) in [6.07, 6.45) is 2.37. The van der Waals surface area contributed by atoms with Crippen LogP contribution >= 0.6 is 39.0 Å². The summed E-state index contributed by atoms with van der Waals surface area (Å²) < 4.78 is 20.7. The molecule has 2 heterocycles. The zero-order valence-electron chi connectivity index (χ0n) is 14.0. The maximum absolute atomic E-state index is 13.8. The molecule has 26 heavy (non-hydrogen) atoms. The molecule has 2 N–H and O–H groups in total. The van der Waals surface area contributed by atoms with Crippen molar-refractivity contribution in [3.63, 3.8) is 0 Å². The standard InChI is InChI=1S/C16H18BrFN4O2S2/c1-9(14(23)20-13-5-4-10(17)7-12(13)18)25-16-22-21-15(26-16)19-8-11-3-2-6-24-11/h4-5,7,9,11H,2-3,6,8H2,1H3,(H,19,21)(H,20,23). The van der Waals surface area contributed by atoms with Gasteiger partial charge in [-0.2, -0.15) is 0 Å². The molecule has 2 aromatic rings. The van der Waals surface area contributed by atoms with E-state index < -0.39 is 11.1 Å². The fourth-order valence-electron chi connectivity index (χ4n) is 2.37. The number of halogens is 2. The van der Waals surface area contributed by atoms with E-state index in [0.717, 1.165) is 19.4 Å². The van der Waals surface area contributed by atoms with Crippen molar-refractivity contribution in [1.82, 2.24) is 10.2 Å². The van der Waals surface area contributed by atoms with E-state index in [1.54, 1.807) is 13.0 Å². The second kappa shape index (κ2) is 9.12. The molecule has 1 aliphatic heterocycles. The maximum Gasteiger partial charge on any atom is 0.237 e. The van der Waals surface area contributed by atoms with Gasteiger partial charge in [0.25, 0.3) is 0 Å². The number of carbonyl (C=O) groups excluding carboxylic acids is 1. The van der Waals surface area contributed by atoms with Crippen molar-refractivity contribution in [1.29, 1.82) is 0 Å². The SMILES string of the molecule is CC(Sc1nnc(NCC2CCCO2)s1)C(=O)Nc1ccc(Br)cc1F. The smallest absolute Gasteiger partial charge is 0.237 e. The lowest BCUT2D eigenvalue weighted by molar-refractivity contribution is -0.115. The summed E-state index contributed by atoms with van der Waals surface area (Å²) in [6, 6.07) is 4.50. The van der Waals surface area contributed by atoms with Crippen LogP contribution in [0, 0.1) is 5.82 Å². The highest BCUT2D eigenvalue weighted by atomic mass is 79.9. The normalized spacial score (nSPS) is 17.9. The molecule has 1 saturated heterocycles. The molecule has 3 rings (SSSR count). The van der Waals surface area contributed by atoms with Gasteiger partial charge >= 0.3 is 0 Å². The highest BCUT2D eigenvalue weighted by Crippen LogP contribution is 2.30. The van der Waals surface area contributed by atoms with Gasteiger partial charge in [-0.15, -0.1) is 10.2 Å². The highest BCUT2D eigenvalue weighted by Gasteiger charge is 2.19. The lowest BCUT2D eigenvalue weighted by Gasteiger charge is -2.11. The number of thioether (sulfide) groups is 1. The summed E-state index contributed by atoms with van der Waals surface area (Å²) in [5.41, 5.74) is 0.154. The molecule has 1 aromatic carbocycles. The van der Waals surface area contributed by atoms with Gasteiger partial charge in [-0.05, 0) is 38.0 Å². The average Bonchev–Trinajstić information content (AvgIpc) is 3.27. The number of hydrogen-bond acceptors (Lipinski definition) is 7. The van der Waals surface area contributed by atoms with Gasteiger partial charge < -0.3 is 15.4 Å². The van der Waals surface area contributed by atoms with E-state index in [9.17, 15) is 9.18 Å². The number of amides is 1. The Kier molecular flexibility index (Phi) is 6.85. The summed E-state index contributed by atoms with van der Waals surface area (Å²) in [5.74, 6) is -0.776. The van der Waals surface area contributed by atoms with Gasteiger partial charge in [0.15, 0.2) is 4.34 Å². The number of nitrogens with one attached hydrogen (secondary N) is 2. The van der Waals surface area contributed by atoms with Gasteiger partial charge in [0, 0.05) is 17.6 Å². The van der Waals surface area contributed by atoms with Crippen LogP contribution in [0.1, 0.15) is 19.8 Å². The molecule has 1 fully saturated rings. The third-order valence-electron chi connectivity index (χ3n) is 3.75. The van der Waals surface area contributed by atoms with E-state index in [4.69, 9.17) is 4.74 Å². The van der Waals surface area contributed by atoms with Crippen LogP contribution in [-0.2, 0) is 9.53 Å². The number of aromatic nitrogens is 2. The minimum atomic E-state index is -0.485. The quantitative estimate of drug-likeness (QED) is 0.604. The second-order valence-corrected chi connectivity index (χ2v) is 9.24. The Morgan fingerprint density at radius 2 is 2.38 bits per heavy atom. The largest absolute Gasteiger partial charge is 0.376 e. The van der Waals surface area contributed by atoms with Gasteiger partial charge in [0.05, 0.1) is 17.0 Å². The number of rotatable bonds is 7. The zero-order valence-corrected chi connectivity index (χ0v) is 17.2. The number of nitrogens with zero attached hydrogens (tertiary/aromatic N) is 2. The average molecular weight is 461 g/mol. The van der Waals surface area contributed by atoms with E-state index in [-0.39, 0.29) is 17.7 Å². The second-order valence-electron chi connectivity index (χ2n) is 5.76. The first-order chi connectivity index (χ1) is 12.5. The number of ether oxygens (including phenoxy) is 1. The Morgan fingerprint density at radius 1 is 1.54 bits per heavy atom. The predicted molar refractivity (Wildman–Crippen MR) is 105 cm³/mol. The number of hydrogen-bond donors (Lipinski definition) is 2. The van der Waals surface area contributed by atoms with Gasteiger partial charge in [-0.3, -0.25) is 4.79 Å². The van der Waals surface area contributed by atoms with Crippen LogP contribution in [0.5, 0.6) is 0 Å². The van der Waals surface area contributed by atoms with Crippen LogP contribution in [-0.4, -0.2) is 40.6 Å². The first-order valence-electron chi connectivity index (χ1n) is 8.13. The first kappa shape index (κ1) is 19.5. The van der Waals surface area contributed by atoms with Gasteiger partial charge in [0.2, 0.25) is 11.0 Å². The molecule has 0 bridgehead atoms. The van der Waals surface area contributed by atoms with E-state index in [1.165, 1.54) is 35.2 Å². The highest BCUT2D eigenvalue weighted by molar-refractivity contribution is 9.10. The van der Waals surface area contributed by atoms with E-state index in [1.807, 2.05) is 0 Å². The van der Waals surface area contributed by atoms with E-state index in [0.29, 0.717) is 20.5 Å². The van der Waals surface area contributed by atoms with E-state index in [2.05, 4.69) is 36.8 Å². The Labute approximate surface area is 167 Å². The molecule has 0 radical (unpaired) electrons. The van der Waals surface area contributed by atoms with Crippen molar-refractivity contribution >= 4 is 55.8 Å². The first-order valence-corrected chi connectivity index (χ1v) is 10.6. The third-order valence-corrected chi connectivity index (χ3v) is 6.31. The molecule has 2 atom stereocenters. The molecule has 6 nitrogen and oxygen atoms in total. The number of benzene rings is 1. The van der Waals surface area contributed by atoms with Crippen molar-refractivity contribution < 1.29 is 13.9 Å². The van der Waals surface area contributed by atoms with Crippen LogP contribution in [0.25, 0.3) is 0 Å². The van der Waals surface area contributed by atoms with Crippen LogP contribution in [0.2, 0.25) is 0 Å². The summed E-state index contributed by atoms with van der Waals surface area (Å²) >= 11 is 5.86. The van der Waals surface area contributed by atoms with Crippen molar-refractivity contribution in [3.05, 3.63) is 28.5 Å². The molecule has 0 aliphatic carbocycles. The molecule has 140 valence electrons. The molecule has 0 saturated carbocycles. The van der Waals surface area contributed by atoms with Crippen molar-refractivity contribution in [2.75, 3.05) is 23.8 Å². The summed E-state index contributed by atoms with van der Waals surface area (Å²) in [4.78, 5) is 12.3. The fourth-order valence-corrected chi connectivity index (χ4v) is 4.60. The Morgan fingerprint density at radius 3 is 3.12 bits per heavy atom. The molecule has 10 heteroatoms. The molecule has 0 spiro atoms. The summed E-state index contributed by atoms with van der Waals surface area (Å²) in [6.45, 7) is 3.27. The van der Waals surface area contributed by atoms with Crippen LogP contribution in [0.4, 0.5) is 15.2 Å². The lowest BCUT2D eigenvalue weighted by Crippen LogP contribution is -2.22. The van der Waals surface area contributed by atoms with Crippen molar-refractivity contribution in [3.8, 4) is 0 Å². The molecule has 1 aromatic heterocycles. The minimum absolute atomic E-state index is 0.154. The van der Waals surface area contributed by atoms with Crippen LogP contribution < -0.4 is 10.6 Å². The molecule has 1 aliphatic rings. The topological polar surface area (TPSA) is 76.1 Å². The number of anilines is 2. The fraction of sp³-hybridized carbons (Fsp3) is 0.438. The molecular formula is C16H18BrFN4O2S2. The van der Waals surface area contributed by atoms with E-state index >= 15 is 0 Å². The van der Waals surface area contributed by atoms with Crippen LogP contribution in [0.15, 0.2) is 27.0 Å². The van der Waals surface area contributed by atoms with Crippen molar-refractivity contribution in [2.24, 2.45) is 0 Å². The van der Waals surface area contributed by atoms with Crippen LogP contribution in [0.3, 0.4) is 0 Å². The Balaban J connectivity index is 1.50. The maximum atomic E-state index is 13.8. The van der Waals surface area contributed by atoms with Gasteiger partial charge in [0.1, 0.15) is 5.82 Å². The summed E-state index contributed by atoms with van der Waals surface area (Å²) in [7, 11) is 0. The third kappa shape index (κ3) is 5.38. The minimum Gasteiger partial charge on any atom is -0.376 e. The summed E-state index contributed by atoms with van der Waals surface area (Å²) in [5, 5.41) is 14.2. The Bertz CT molecular complexity index is 770. The molecule has 1 amide bonds. The van der Waals surface area contributed by atoms with Crippen molar-refractivity contribution in [2.45, 2.75) is 35.5 Å². The van der Waals surface area contributed by atoms with Gasteiger partial charge in [-0.1, -0.05) is 39.0 Å². The lowest BCUT2D eigenvalue weighted by atomic mass is 10.2.